The minimum absolute atomic E-state index is 0.559. The Bertz CT molecular complexity index is 516. The van der Waals surface area contributed by atoms with Crippen molar-refractivity contribution in [1.82, 2.24) is 9.97 Å². The first-order chi connectivity index (χ1) is 9.28. The fraction of sp³-hybridized carbons (Fsp3) is 0.286. The Morgan fingerprint density at radius 1 is 1.21 bits per heavy atom. The minimum atomic E-state index is 0.559. The number of aromatic nitrogens is 2. The van der Waals surface area contributed by atoms with Crippen molar-refractivity contribution >= 4 is 17.5 Å². The monoisotopic (exact) mass is 277 g/mol. The van der Waals surface area contributed by atoms with Gasteiger partial charge in [-0.05, 0) is 24.1 Å². The van der Waals surface area contributed by atoms with Crippen LogP contribution in [0.2, 0.25) is 5.02 Å². The molecule has 0 fully saturated rings. The second kappa shape index (κ2) is 6.95. The first-order valence-corrected chi connectivity index (χ1v) is 6.60. The van der Waals surface area contributed by atoms with Gasteiger partial charge in [0.2, 0.25) is 11.8 Å². The molecule has 100 valence electrons. The standard InChI is InChI=1S/C14H16ClN3O/c1-2-9-19-13-7-8-16-14(18-13)17-10-11-3-5-12(15)6-4-11/h3-8H,2,9-10H2,1H3,(H,16,17,18). The van der Waals surface area contributed by atoms with Crippen LogP contribution in [0.4, 0.5) is 5.95 Å². The van der Waals surface area contributed by atoms with Crippen LogP contribution in [0.1, 0.15) is 18.9 Å². The van der Waals surface area contributed by atoms with E-state index in [1.54, 1.807) is 12.3 Å². The third-order valence-corrected chi connectivity index (χ3v) is 2.70. The van der Waals surface area contributed by atoms with E-state index in [0.717, 1.165) is 17.0 Å². The van der Waals surface area contributed by atoms with Gasteiger partial charge in [-0.15, -0.1) is 0 Å². The van der Waals surface area contributed by atoms with E-state index in [0.29, 0.717) is 25.0 Å². The van der Waals surface area contributed by atoms with E-state index in [1.165, 1.54) is 0 Å². The highest BCUT2D eigenvalue weighted by Crippen LogP contribution is 2.12. The van der Waals surface area contributed by atoms with Gasteiger partial charge in [0.15, 0.2) is 0 Å². The third kappa shape index (κ3) is 4.41. The minimum Gasteiger partial charge on any atom is -0.478 e. The van der Waals surface area contributed by atoms with Crippen LogP contribution in [0, 0.1) is 0 Å². The van der Waals surface area contributed by atoms with E-state index >= 15 is 0 Å². The second-order valence-electron chi connectivity index (χ2n) is 4.05. The van der Waals surface area contributed by atoms with Crippen LogP contribution >= 0.6 is 11.6 Å². The van der Waals surface area contributed by atoms with Crippen molar-refractivity contribution in [2.24, 2.45) is 0 Å². The Morgan fingerprint density at radius 3 is 2.74 bits per heavy atom. The van der Waals surface area contributed by atoms with Crippen LogP contribution in [-0.2, 0) is 6.54 Å². The lowest BCUT2D eigenvalue weighted by atomic mass is 10.2. The first-order valence-electron chi connectivity index (χ1n) is 6.22. The van der Waals surface area contributed by atoms with E-state index < -0.39 is 0 Å². The Kier molecular flexibility index (Phi) is 4.98. The zero-order chi connectivity index (χ0) is 13.5. The Labute approximate surface area is 117 Å². The molecule has 0 unspecified atom stereocenters. The lowest BCUT2D eigenvalue weighted by Gasteiger charge is -2.07. The molecule has 1 heterocycles. The highest BCUT2D eigenvalue weighted by Gasteiger charge is 2.00. The van der Waals surface area contributed by atoms with E-state index in [2.05, 4.69) is 22.2 Å². The molecule has 2 aromatic rings. The van der Waals surface area contributed by atoms with E-state index in [1.807, 2.05) is 24.3 Å². The summed E-state index contributed by atoms with van der Waals surface area (Å²) in [6.07, 6.45) is 2.64. The summed E-state index contributed by atoms with van der Waals surface area (Å²) in [4.78, 5) is 8.42. The largest absolute Gasteiger partial charge is 0.478 e. The zero-order valence-electron chi connectivity index (χ0n) is 10.8. The summed E-state index contributed by atoms with van der Waals surface area (Å²) < 4.78 is 5.46. The van der Waals surface area contributed by atoms with Crippen molar-refractivity contribution in [2.75, 3.05) is 11.9 Å². The molecule has 0 aliphatic rings. The molecule has 0 amide bonds. The molecular formula is C14H16ClN3O. The summed E-state index contributed by atoms with van der Waals surface area (Å²) in [6.45, 7) is 3.36. The van der Waals surface area contributed by atoms with Crippen molar-refractivity contribution in [3.8, 4) is 5.88 Å². The summed E-state index contributed by atoms with van der Waals surface area (Å²) in [5, 5.41) is 3.88. The molecule has 1 aromatic carbocycles. The second-order valence-corrected chi connectivity index (χ2v) is 4.48. The summed E-state index contributed by atoms with van der Waals surface area (Å²) in [5.74, 6) is 1.15. The molecule has 0 aliphatic carbocycles. The fourth-order valence-corrected chi connectivity index (χ4v) is 1.62. The summed E-state index contributed by atoms with van der Waals surface area (Å²) in [5.41, 5.74) is 1.12. The predicted molar refractivity (Wildman–Crippen MR) is 76.6 cm³/mol. The van der Waals surface area contributed by atoms with Crippen LogP contribution < -0.4 is 10.1 Å². The highest BCUT2D eigenvalue weighted by molar-refractivity contribution is 6.30. The maximum absolute atomic E-state index is 5.84. The normalized spacial score (nSPS) is 10.2. The van der Waals surface area contributed by atoms with Gasteiger partial charge in [0.1, 0.15) is 0 Å². The average molecular weight is 278 g/mol. The molecule has 0 radical (unpaired) electrons. The van der Waals surface area contributed by atoms with Gasteiger partial charge >= 0.3 is 0 Å². The van der Waals surface area contributed by atoms with E-state index in [-0.39, 0.29) is 0 Å². The van der Waals surface area contributed by atoms with Crippen molar-refractivity contribution in [1.29, 1.82) is 0 Å². The highest BCUT2D eigenvalue weighted by atomic mass is 35.5. The number of halogens is 1. The Hall–Kier alpha value is -1.81. The molecule has 0 saturated carbocycles. The van der Waals surface area contributed by atoms with Crippen LogP contribution in [0.25, 0.3) is 0 Å². The quantitative estimate of drug-likeness (QED) is 0.877. The molecule has 0 atom stereocenters. The predicted octanol–water partition coefficient (Wildman–Crippen LogP) is 3.53. The third-order valence-electron chi connectivity index (χ3n) is 2.45. The van der Waals surface area contributed by atoms with Crippen LogP contribution in [-0.4, -0.2) is 16.6 Å². The molecule has 0 saturated heterocycles. The molecule has 1 N–H and O–H groups in total. The smallest absolute Gasteiger partial charge is 0.226 e. The SMILES string of the molecule is CCCOc1ccnc(NCc2ccc(Cl)cc2)n1. The number of rotatable bonds is 6. The molecule has 0 bridgehead atoms. The number of ether oxygens (including phenoxy) is 1. The number of benzene rings is 1. The molecule has 4 nitrogen and oxygen atoms in total. The van der Waals surface area contributed by atoms with Gasteiger partial charge in [-0.2, -0.15) is 4.98 Å². The lowest BCUT2D eigenvalue weighted by molar-refractivity contribution is 0.305. The van der Waals surface area contributed by atoms with Gasteiger partial charge in [0, 0.05) is 23.8 Å². The van der Waals surface area contributed by atoms with Gasteiger partial charge in [-0.1, -0.05) is 30.7 Å². The number of nitrogens with one attached hydrogen (secondary N) is 1. The molecule has 19 heavy (non-hydrogen) atoms. The van der Waals surface area contributed by atoms with Gasteiger partial charge < -0.3 is 10.1 Å². The summed E-state index contributed by atoms with van der Waals surface area (Å²) in [6, 6.07) is 9.41. The van der Waals surface area contributed by atoms with E-state index in [9.17, 15) is 0 Å². The Balaban J connectivity index is 1.93. The first kappa shape index (κ1) is 13.6. The molecule has 0 aliphatic heterocycles. The molecule has 1 aromatic heterocycles. The van der Waals surface area contributed by atoms with Crippen LogP contribution in [0.15, 0.2) is 36.5 Å². The van der Waals surface area contributed by atoms with Gasteiger partial charge in [-0.25, -0.2) is 4.98 Å². The molecule has 0 spiro atoms. The van der Waals surface area contributed by atoms with Crippen molar-refractivity contribution in [3.63, 3.8) is 0 Å². The lowest BCUT2D eigenvalue weighted by Crippen LogP contribution is -2.05. The van der Waals surface area contributed by atoms with E-state index in [4.69, 9.17) is 16.3 Å². The topological polar surface area (TPSA) is 47.0 Å². The maximum Gasteiger partial charge on any atom is 0.226 e. The van der Waals surface area contributed by atoms with Crippen LogP contribution in [0.3, 0.4) is 0 Å². The van der Waals surface area contributed by atoms with Gasteiger partial charge in [-0.3, -0.25) is 0 Å². The number of hydrogen-bond acceptors (Lipinski definition) is 4. The van der Waals surface area contributed by atoms with Gasteiger partial charge in [0.05, 0.1) is 6.61 Å². The molecule has 5 heteroatoms. The van der Waals surface area contributed by atoms with Crippen molar-refractivity contribution in [3.05, 3.63) is 47.1 Å². The number of anilines is 1. The number of hydrogen-bond donors (Lipinski definition) is 1. The fourth-order valence-electron chi connectivity index (χ4n) is 1.50. The van der Waals surface area contributed by atoms with Crippen LogP contribution in [0.5, 0.6) is 5.88 Å². The van der Waals surface area contributed by atoms with Gasteiger partial charge in [0.25, 0.3) is 0 Å². The van der Waals surface area contributed by atoms with Crippen molar-refractivity contribution < 1.29 is 4.74 Å². The zero-order valence-corrected chi connectivity index (χ0v) is 11.5. The maximum atomic E-state index is 5.84. The number of nitrogens with zero attached hydrogens (tertiary/aromatic N) is 2. The van der Waals surface area contributed by atoms with Crippen molar-refractivity contribution in [2.45, 2.75) is 19.9 Å². The summed E-state index contributed by atoms with van der Waals surface area (Å²) >= 11 is 5.84. The molecular weight excluding hydrogens is 262 g/mol. The Morgan fingerprint density at radius 2 is 2.00 bits per heavy atom. The molecule has 2 rings (SSSR count). The average Bonchev–Trinajstić information content (AvgIpc) is 2.45. The summed E-state index contributed by atoms with van der Waals surface area (Å²) in [7, 11) is 0.